The first kappa shape index (κ1) is 14.2. The van der Waals surface area contributed by atoms with Crippen molar-refractivity contribution in [3.05, 3.63) is 28.0 Å². The largest absolute Gasteiger partial charge is 0.355 e. The molecule has 1 aromatic heterocycles. The number of aromatic nitrogens is 1. The Labute approximate surface area is 111 Å². The third-order valence-electron chi connectivity index (χ3n) is 2.12. The van der Waals surface area contributed by atoms with Crippen molar-refractivity contribution in [3.63, 3.8) is 0 Å². The number of amides is 1. The summed E-state index contributed by atoms with van der Waals surface area (Å²) in [7, 11) is 1.85. The van der Waals surface area contributed by atoms with E-state index >= 15 is 0 Å². The Balaban J connectivity index is 2.55. The summed E-state index contributed by atoms with van der Waals surface area (Å²) in [5.41, 5.74) is 0.850. The highest BCUT2D eigenvalue weighted by Crippen LogP contribution is 2.17. The highest BCUT2D eigenvalue weighted by Gasteiger charge is 2.09. The van der Waals surface area contributed by atoms with Gasteiger partial charge in [-0.2, -0.15) is 0 Å². The Morgan fingerprint density at radius 3 is 2.76 bits per heavy atom. The SMILES string of the molecule is CCNC(=O)CN(C)Cc1ccc(Cl)nc1Cl. The minimum Gasteiger partial charge on any atom is -0.355 e. The number of rotatable bonds is 5. The molecule has 0 fully saturated rings. The summed E-state index contributed by atoms with van der Waals surface area (Å²) in [5, 5.41) is 3.48. The van der Waals surface area contributed by atoms with Crippen LogP contribution in [0, 0.1) is 0 Å². The van der Waals surface area contributed by atoms with Crippen molar-refractivity contribution in [2.75, 3.05) is 20.1 Å². The highest BCUT2D eigenvalue weighted by molar-refractivity contribution is 6.32. The van der Waals surface area contributed by atoms with Crippen LogP contribution >= 0.6 is 23.2 Å². The first-order valence-electron chi connectivity index (χ1n) is 5.29. The number of halogens is 2. The van der Waals surface area contributed by atoms with E-state index in [2.05, 4.69) is 10.3 Å². The van der Waals surface area contributed by atoms with E-state index in [0.29, 0.717) is 29.9 Å². The Hall–Kier alpha value is -0.840. The van der Waals surface area contributed by atoms with E-state index in [0.717, 1.165) is 5.56 Å². The van der Waals surface area contributed by atoms with Crippen LogP contribution in [0.4, 0.5) is 0 Å². The summed E-state index contributed by atoms with van der Waals surface area (Å²) in [4.78, 5) is 17.2. The third kappa shape index (κ3) is 4.89. The van der Waals surface area contributed by atoms with Gasteiger partial charge in [-0.3, -0.25) is 9.69 Å². The maximum absolute atomic E-state index is 11.4. The zero-order chi connectivity index (χ0) is 12.8. The second-order valence-electron chi connectivity index (χ2n) is 3.71. The van der Waals surface area contributed by atoms with Crippen molar-refractivity contribution >= 4 is 29.1 Å². The van der Waals surface area contributed by atoms with Gasteiger partial charge in [0.05, 0.1) is 6.54 Å². The fourth-order valence-electron chi connectivity index (χ4n) is 1.40. The van der Waals surface area contributed by atoms with Crippen molar-refractivity contribution in [3.8, 4) is 0 Å². The summed E-state index contributed by atoms with van der Waals surface area (Å²) in [6.45, 7) is 3.40. The molecule has 0 unspecified atom stereocenters. The van der Waals surface area contributed by atoms with E-state index in [1.807, 2.05) is 24.9 Å². The fourth-order valence-corrected chi connectivity index (χ4v) is 1.81. The zero-order valence-corrected chi connectivity index (χ0v) is 11.3. The third-order valence-corrected chi connectivity index (χ3v) is 2.66. The monoisotopic (exact) mass is 275 g/mol. The number of pyridine rings is 1. The molecular weight excluding hydrogens is 261 g/mol. The smallest absolute Gasteiger partial charge is 0.234 e. The van der Waals surface area contributed by atoms with Gasteiger partial charge in [-0.05, 0) is 20.0 Å². The number of hydrogen-bond donors (Lipinski definition) is 1. The van der Waals surface area contributed by atoms with Crippen LogP contribution in [0.15, 0.2) is 12.1 Å². The number of hydrogen-bond acceptors (Lipinski definition) is 3. The normalized spacial score (nSPS) is 10.6. The first-order valence-corrected chi connectivity index (χ1v) is 6.04. The number of nitrogens with one attached hydrogen (secondary N) is 1. The van der Waals surface area contributed by atoms with Gasteiger partial charge in [-0.15, -0.1) is 0 Å². The summed E-state index contributed by atoms with van der Waals surface area (Å²) in [6, 6.07) is 3.49. The Morgan fingerprint density at radius 1 is 1.47 bits per heavy atom. The Bertz CT molecular complexity index is 398. The second kappa shape index (κ2) is 6.79. The average molecular weight is 276 g/mol. The van der Waals surface area contributed by atoms with E-state index in [1.165, 1.54) is 0 Å². The molecule has 4 nitrogen and oxygen atoms in total. The van der Waals surface area contributed by atoms with Crippen molar-refractivity contribution in [2.45, 2.75) is 13.5 Å². The Kier molecular flexibility index (Phi) is 5.68. The van der Waals surface area contributed by atoms with Gasteiger partial charge in [0.15, 0.2) is 0 Å². The molecule has 0 spiro atoms. The highest BCUT2D eigenvalue weighted by atomic mass is 35.5. The van der Waals surface area contributed by atoms with Gasteiger partial charge in [0, 0.05) is 18.7 Å². The number of carbonyl (C=O) groups is 1. The number of carbonyl (C=O) groups excluding carboxylic acids is 1. The molecule has 1 rings (SSSR count). The van der Waals surface area contributed by atoms with Crippen molar-refractivity contribution in [1.82, 2.24) is 15.2 Å². The molecule has 0 atom stereocenters. The van der Waals surface area contributed by atoms with Gasteiger partial charge >= 0.3 is 0 Å². The molecule has 0 saturated heterocycles. The van der Waals surface area contributed by atoms with Crippen LogP contribution in [0.2, 0.25) is 10.3 Å². The molecule has 6 heteroatoms. The minimum atomic E-state index is -0.00644. The average Bonchev–Trinajstić information content (AvgIpc) is 2.22. The number of nitrogens with zero attached hydrogens (tertiary/aromatic N) is 2. The lowest BCUT2D eigenvalue weighted by molar-refractivity contribution is -0.121. The molecule has 0 aliphatic rings. The molecule has 17 heavy (non-hydrogen) atoms. The fraction of sp³-hybridized carbons (Fsp3) is 0.455. The van der Waals surface area contributed by atoms with Crippen LogP contribution in [-0.4, -0.2) is 35.9 Å². The summed E-state index contributed by atoms with van der Waals surface area (Å²) in [6.07, 6.45) is 0. The molecule has 1 N–H and O–H groups in total. The van der Waals surface area contributed by atoms with Crippen molar-refractivity contribution < 1.29 is 4.79 Å². The zero-order valence-electron chi connectivity index (χ0n) is 9.83. The van der Waals surface area contributed by atoms with Crippen LogP contribution in [0.1, 0.15) is 12.5 Å². The molecule has 94 valence electrons. The molecule has 0 radical (unpaired) electrons. The maximum Gasteiger partial charge on any atom is 0.234 e. The van der Waals surface area contributed by atoms with E-state index in [9.17, 15) is 4.79 Å². The van der Waals surface area contributed by atoms with Gasteiger partial charge < -0.3 is 5.32 Å². The van der Waals surface area contributed by atoms with Crippen LogP contribution in [0.25, 0.3) is 0 Å². The van der Waals surface area contributed by atoms with Crippen molar-refractivity contribution in [2.24, 2.45) is 0 Å². The summed E-state index contributed by atoms with van der Waals surface area (Å²) < 4.78 is 0. The quantitative estimate of drug-likeness (QED) is 0.836. The molecule has 0 saturated carbocycles. The molecule has 1 aromatic rings. The van der Waals surface area contributed by atoms with Crippen LogP contribution in [-0.2, 0) is 11.3 Å². The van der Waals surface area contributed by atoms with Crippen LogP contribution in [0.3, 0.4) is 0 Å². The number of likely N-dealkylation sites (N-methyl/N-ethyl adjacent to an activating group) is 2. The van der Waals surface area contributed by atoms with E-state index in [-0.39, 0.29) is 5.91 Å². The molecule has 0 aromatic carbocycles. The topological polar surface area (TPSA) is 45.2 Å². The lowest BCUT2D eigenvalue weighted by Crippen LogP contribution is -2.34. The Morgan fingerprint density at radius 2 is 2.18 bits per heavy atom. The molecule has 1 heterocycles. The van der Waals surface area contributed by atoms with Gasteiger partial charge in [-0.25, -0.2) is 4.98 Å². The second-order valence-corrected chi connectivity index (χ2v) is 4.45. The van der Waals surface area contributed by atoms with E-state index in [4.69, 9.17) is 23.2 Å². The predicted molar refractivity (Wildman–Crippen MR) is 69.3 cm³/mol. The molecule has 0 bridgehead atoms. The summed E-state index contributed by atoms with van der Waals surface area (Å²) in [5.74, 6) is -0.00644. The maximum atomic E-state index is 11.4. The van der Waals surface area contributed by atoms with Crippen molar-refractivity contribution in [1.29, 1.82) is 0 Å². The molecule has 1 amide bonds. The van der Waals surface area contributed by atoms with Crippen LogP contribution < -0.4 is 5.32 Å². The first-order chi connectivity index (χ1) is 8.02. The summed E-state index contributed by atoms with van der Waals surface area (Å²) >= 11 is 11.7. The molecule has 0 aliphatic heterocycles. The minimum absolute atomic E-state index is 0.00644. The van der Waals surface area contributed by atoms with E-state index in [1.54, 1.807) is 6.07 Å². The standard InChI is InChI=1S/C11H15Cl2N3O/c1-3-14-10(17)7-16(2)6-8-4-5-9(12)15-11(8)13/h4-5H,3,6-7H2,1-2H3,(H,14,17). The lowest BCUT2D eigenvalue weighted by Gasteiger charge is -2.16. The van der Waals surface area contributed by atoms with E-state index < -0.39 is 0 Å². The molecular formula is C11H15Cl2N3O. The van der Waals surface area contributed by atoms with Gasteiger partial charge in [0.2, 0.25) is 5.91 Å². The van der Waals surface area contributed by atoms with Gasteiger partial charge in [-0.1, -0.05) is 29.3 Å². The van der Waals surface area contributed by atoms with Gasteiger partial charge in [0.25, 0.3) is 0 Å². The molecule has 0 aliphatic carbocycles. The lowest BCUT2D eigenvalue weighted by atomic mass is 10.2. The predicted octanol–water partition coefficient (Wildman–Crippen LogP) is 1.96. The van der Waals surface area contributed by atoms with Gasteiger partial charge in [0.1, 0.15) is 10.3 Å². The van der Waals surface area contributed by atoms with Crippen LogP contribution in [0.5, 0.6) is 0 Å².